The van der Waals surface area contributed by atoms with Gasteiger partial charge in [-0.2, -0.15) is 49.6 Å². The summed E-state index contributed by atoms with van der Waals surface area (Å²) in [5.74, 6) is -2.82. The Kier molecular flexibility index (Phi) is 7.80. The molecule has 6 heteroatoms. The average molecular weight is 324 g/mol. The molecule has 0 fully saturated rings. The summed E-state index contributed by atoms with van der Waals surface area (Å²) in [7, 11) is 0. The Balaban J connectivity index is 0.000000507. The first kappa shape index (κ1) is 18.3. The summed E-state index contributed by atoms with van der Waals surface area (Å²) in [6.45, 7) is 0. The number of carbonyl (C=O) groups is 2. The van der Waals surface area contributed by atoms with E-state index in [2.05, 4.69) is 0 Å². The van der Waals surface area contributed by atoms with Gasteiger partial charge >= 0.3 is 23.2 Å². The third kappa shape index (κ3) is 6.50. The van der Waals surface area contributed by atoms with E-state index < -0.39 is 24.2 Å². The van der Waals surface area contributed by atoms with E-state index in [-0.39, 0.29) is 22.6 Å². The fourth-order valence-corrected chi connectivity index (χ4v) is 1.23. The molecule has 0 amide bonds. The van der Waals surface area contributed by atoms with E-state index in [1.807, 2.05) is 30.3 Å². The quantitative estimate of drug-likeness (QED) is 0.375. The van der Waals surface area contributed by atoms with Gasteiger partial charge in [0.2, 0.25) is 5.78 Å². The van der Waals surface area contributed by atoms with Crippen LogP contribution in [0.15, 0.2) is 54.6 Å². The molecule has 0 atom stereocenters. The van der Waals surface area contributed by atoms with Gasteiger partial charge in [0.25, 0.3) is 0 Å². The Morgan fingerprint density at radius 3 is 2.00 bits per heavy atom. The molecule has 0 radical (unpaired) electrons. The van der Waals surface area contributed by atoms with Crippen molar-refractivity contribution in [2.24, 2.45) is 0 Å². The van der Waals surface area contributed by atoms with Crippen LogP contribution in [0, 0.1) is 0 Å². The normalized spacial score (nSPS) is 9.95. The van der Waals surface area contributed by atoms with Gasteiger partial charge in [0.1, 0.15) is 0 Å². The predicted molar refractivity (Wildman–Crippen MR) is 64.1 cm³/mol. The van der Waals surface area contributed by atoms with Gasteiger partial charge in [-0.05, 0) is 0 Å². The third-order valence-electron chi connectivity index (χ3n) is 2.18. The molecule has 2 aromatic rings. The van der Waals surface area contributed by atoms with Crippen LogP contribution in [-0.2, 0) is 21.9 Å². The van der Waals surface area contributed by atoms with Crippen LogP contribution in [0.5, 0.6) is 0 Å². The molecule has 0 saturated heterocycles. The molecule has 0 spiro atoms. The summed E-state index contributed by atoms with van der Waals surface area (Å²) in [6, 6.07) is 15.8. The van der Waals surface area contributed by atoms with Gasteiger partial charge in [0.15, 0.2) is 0 Å². The van der Waals surface area contributed by atoms with Crippen LogP contribution in [0.2, 0.25) is 0 Å². The van der Waals surface area contributed by atoms with Gasteiger partial charge in [-0.15, -0.1) is 11.6 Å². The Morgan fingerprint density at radius 2 is 1.65 bits per heavy atom. The van der Waals surface area contributed by atoms with Gasteiger partial charge in [0.05, 0.1) is 5.78 Å². The van der Waals surface area contributed by atoms with Gasteiger partial charge < -0.3 is 4.79 Å². The van der Waals surface area contributed by atoms with Crippen molar-refractivity contribution in [3.63, 3.8) is 0 Å². The number of Topliss-reactive ketones (excluding diaryl/α,β-unsaturated/α-hetero) is 2. The molecule has 0 N–H and O–H groups in total. The van der Waals surface area contributed by atoms with Gasteiger partial charge in [0, 0.05) is 6.42 Å². The second-order valence-electron chi connectivity index (χ2n) is 3.66. The largest absolute Gasteiger partial charge is 2.00 e. The summed E-state index contributed by atoms with van der Waals surface area (Å²) in [5.41, 5.74) is 0.127. The van der Waals surface area contributed by atoms with E-state index >= 15 is 0 Å². The van der Waals surface area contributed by atoms with Crippen molar-refractivity contribution >= 4 is 11.6 Å². The first-order valence-corrected chi connectivity index (χ1v) is 5.43. The third-order valence-corrected chi connectivity index (χ3v) is 2.18. The number of hydrogen-bond donors (Lipinski definition) is 0. The number of rotatable bonds is 3. The van der Waals surface area contributed by atoms with Crippen molar-refractivity contribution < 1.29 is 39.8 Å². The van der Waals surface area contributed by atoms with Crippen molar-refractivity contribution in [1.29, 1.82) is 0 Å². The molecule has 0 aliphatic heterocycles. The van der Waals surface area contributed by atoms with Crippen LogP contribution in [0.25, 0.3) is 0 Å². The van der Waals surface area contributed by atoms with Crippen LogP contribution in [0.1, 0.15) is 16.8 Å². The van der Waals surface area contributed by atoms with E-state index in [1.54, 1.807) is 0 Å². The average Bonchev–Trinajstić information content (AvgIpc) is 3.04. The minimum atomic E-state index is -4.93. The zero-order chi connectivity index (χ0) is 14.3. The minimum absolute atomic E-state index is 0. The Bertz CT molecular complexity index is 482. The maximum absolute atomic E-state index is 11.7. The molecule has 2 nitrogen and oxygen atoms in total. The molecule has 20 heavy (non-hydrogen) atoms. The Hall–Kier alpha value is -1.65. The molecule has 0 aliphatic carbocycles. The maximum atomic E-state index is 11.7. The maximum Gasteiger partial charge on any atom is 2.00 e. The molecule has 0 saturated carbocycles. The predicted octanol–water partition coefficient (Wildman–Crippen LogP) is 3.51. The van der Waals surface area contributed by atoms with Gasteiger partial charge in [-0.3, -0.25) is 4.79 Å². The summed E-state index contributed by atoms with van der Waals surface area (Å²) >= 11 is 0. The van der Waals surface area contributed by atoms with E-state index in [4.69, 9.17) is 0 Å². The van der Waals surface area contributed by atoms with E-state index in [0.29, 0.717) is 0 Å². The molecule has 0 aliphatic rings. The number of hydrogen-bond acceptors (Lipinski definition) is 2. The number of ketones is 2. The molecule has 108 valence electrons. The smallest absolute Gasteiger partial charge is 0.351 e. The number of alkyl halides is 3. The summed E-state index contributed by atoms with van der Waals surface area (Å²) < 4.78 is 35.2. The van der Waals surface area contributed by atoms with Crippen LogP contribution in [0.4, 0.5) is 13.2 Å². The standard InChI is InChI=1S/C9H6F3O2.C5H5.Fe/c10-9(11,12)8(14)5-7(13)6-3-1-2-4-6;1-2-4-5-3-1;/h1-4H,5H2;1-5H;/q2*-1;+2. The monoisotopic (exact) mass is 324 g/mol. The second-order valence-corrected chi connectivity index (χ2v) is 3.66. The molecule has 0 unspecified atom stereocenters. The second kappa shape index (κ2) is 8.51. The molecule has 0 bridgehead atoms. The molecule has 2 rings (SSSR count). The van der Waals surface area contributed by atoms with Crippen molar-refractivity contribution in [2.75, 3.05) is 0 Å². The SMILES string of the molecule is O=C(CC(=O)C(F)(F)F)c1ccc[cH-]1.[Fe+2].c1cc[cH-]c1. The summed E-state index contributed by atoms with van der Waals surface area (Å²) in [6.07, 6.45) is -6.05. The van der Waals surface area contributed by atoms with Crippen LogP contribution in [-0.4, -0.2) is 17.7 Å². The van der Waals surface area contributed by atoms with Gasteiger partial charge in [-0.1, -0.05) is 0 Å². The topological polar surface area (TPSA) is 34.1 Å². The summed E-state index contributed by atoms with van der Waals surface area (Å²) in [4.78, 5) is 21.5. The van der Waals surface area contributed by atoms with Crippen LogP contribution in [0.3, 0.4) is 0 Å². The van der Waals surface area contributed by atoms with Crippen molar-refractivity contribution in [3.8, 4) is 0 Å². The fourth-order valence-electron chi connectivity index (χ4n) is 1.23. The van der Waals surface area contributed by atoms with E-state index in [0.717, 1.165) is 0 Å². The minimum Gasteiger partial charge on any atom is -0.351 e. The molecule has 2 aromatic carbocycles. The number of carbonyl (C=O) groups excluding carboxylic acids is 2. The van der Waals surface area contributed by atoms with Gasteiger partial charge in [-0.25, -0.2) is 12.1 Å². The molecular weight excluding hydrogens is 313 g/mol. The van der Waals surface area contributed by atoms with Crippen molar-refractivity contribution in [1.82, 2.24) is 0 Å². The Morgan fingerprint density at radius 1 is 1.05 bits per heavy atom. The summed E-state index contributed by atoms with van der Waals surface area (Å²) in [5, 5.41) is 0. The van der Waals surface area contributed by atoms with Crippen molar-refractivity contribution in [3.05, 3.63) is 60.2 Å². The van der Waals surface area contributed by atoms with E-state index in [1.165, 1.54) is 24.3 Å². The Labute approximate surface area is 124 Å². The molecule has 0 heterocycles. The van der Waals surface area contributed by atoms with E-state index in [9.17, 15) is 22.8 Å². The van der Waals surface area contributed by atoms with Crippen molar-refractivity contribution in [2.45, 2.75) is 12.6 Å². The zero-order valence-electron chi connectivity index (χ0n) is 10.2. The number of halogens is 3. The zero-order valence-corrected chi connectivity index (χ0v) is 11.3. The fraction of sp³-hybridized carbons (Fsp3) is 0.143. The molecule has 0 aromatic heterocycles. The molecular formula is C14H11F3FeO2. The first-order valence-electron chi connectivity index (χ1n) is 5.43. The first-order chi connectivity index (χ1) is 8.91. The van der Waals surface area contributed by atoms with Crippen LogP contribution >= 0.6 is 0 Å². The van der Waals surface area contributed by atoms with Crippen LogP contribution < -0.4 is 0 Å².